The van der Waals surface area contributed by atoms with Crippen molar-refractivity contribution >= 4 is 29.3 Å². The normalized spacial score (nSPS) is 10.3. The van der Waals surface area contributed by atoms with Crippen molar-refractivity contribution in [2.75, 3.05) is 25.6 Å². The van der Waals surface area contributed by atoms with Crippen molar-refractivity contribution in [2.24, 2.45) is 0 Å². The van der Waals surface area contributed by atoms with Gasteiger partial charge in [-0.15, -0.1) is 0 Å². The van der Waals surface area contributed by atoms with E-state index in [0.717, 1.165) is 12.8 Å². The molecule has 0 saturated carbocycles. The number of anilines is 1. The lowest BCUT2D eigenvalue weighted by atomic mass is 9.98. The molecule has 186 valence electrons. The van der Waals surface area contributed by atoms with Gasteiger partial charge in [-0.2, -0.15) is 0 Å². The van der Waals surface area contributed by atoms with Gasteiger partial charge in [0, 0.05) is 16.8 Å². The Morgan fingerprint density at radius 2 is 1.39 bits per heavy atom. The summed E-state index contributed by atoms with van der Waals surface area (Å²) in [6.07, 6.45) is 1.71. The molecule has 0 fully saturated rings. The molecule has 8 nitrogen and oxygen atoms in total. The smallest absolute Gasteiger partial charge is 0.339 e. The Morgan fingerprint density at radius 1 is 0.750 bits per heavy atom. The summed E-state index contributed by atoms with van der Waals surface area (Å²) >= 11 is 0. The van der Waals surface area contributed by atoms with Gasteiger partial charge in [-0.25, -0.2) is 9.59 Å². The number of nitrogens with one attached hydrogen (secondary N) is 1. The number of methoxy groups -OCH3 is 1. The van der Waals surface area contributed by atoms with Crippen LogP contribution < -0.4 is 10.1 Å². The van der Waals surface area contributed by atoms with Gasteiger partial charge in [0.25, 0.3) is 5.91 Å². The molecule has 0 aliphatic rings. The fourth-order valence-electron chi connectivity index (χ4n) is 3.25. The molecule has 3 aromatic carbocycles. The second-order valence-electron chi connectivity index (χ2n) is 7.79. The van der Waals surface area contributed by atoms with Crippen LogP contribution in [0.25, 0.3) is 0 Å². The molecule has 0 atom stereocenters. The first-order chi connectivity index (χ1) is 17.4. The summed E-state index contributed by atoms with van der Waals surface area (Å²) in [5.41, 5.74) is 1.39. The Balaban J connectivity index is 1.58. The lowest BCUT2D eigenvalue weighted by molar-refractivity contribution is -0.119. The van der Waals surface area contributed by atoms with Crippen LogP contribution in [-0.2, 0) is 14.3 Å². The van der Waals surface area contributed by atoms with Crippen molar-refractivity contribution in [1.29, 1.82) is 0 Å². The third-order valence-corrected chi connectivity index (χ3v) is 5.21. The molecule has 1 amide bonds. The highest BCUT2D eigenvalue weighted by atomic mass is 16.5. The molecule has 3 aromatic rings. The maximum Gasteiger partial charge on any atom is 0.339 e. The Labute approximate surface area is 209 Å². The highest BCUT2D eigenvalue weighted by molar-refractivity contribution is 6.14. The van der Waals surface area contributed by atoms with Crippen molar-refractivity contribution < 1.29 is 33.4 Å². The summed E-state index contributed by atoms with van der Waals surface area (Å²) in [4.78, 5) is 49.8. The molecule has 0 aliphatic heterocycles. The zero-order valence-corrected chi connectivity index (χ0v) is 20.1. The van der Waals surface area contributed by atoms with Crippen LogP contribution in [-0.4, -0.2) is 44.0 Å². The van der Waals surface area contributed by atoms with Crippen LogP contribution in [0.2, 0.25) is 0 Å². The van der Waals surface area contributed by atoms with E-state index in [1.165, 1.54) is 31.4 Å². The molecule has 36 heavy (non-hydrogen) atoms. The zero-order valence-electron chi connectivity index (χ0n) is 20.1. The third kappa shape index (κ3) is 7.02. The number of amides is 1. The topological polar surface area (TPSA) is 108 Å². The summed E-state index contributed by atoms with van der Waals surface area (Å²) < 4.78 is 15.4. The van der Waals surface area contributed by atoms with E-state index < -0.39 is 24.5 Å². The highest BCUT2D eigenvalue weighted by Gasteiger charge is 2.20. The van der Waals surface area contributed by atoms with Crippen LogP contribution in [0.4, 0.5) is 5.69 Å². The number of benzene rings is 3. The van der Waals surface area contributed by atoms with Crippen LogP contribution in [0.3, 0.4) is 0 Å². The predicted octanol–water partition coefficient (Wildman–Crippen LogP) is 4.68. The highest BCUT2D eigenvalue weighted by Crippen LogP contribution is 2.19. The number of carbonyl (C=O) groups is 4. The van der Waals surface area contributed by atoms with Gasteiger partial charge in [-0.3, -0.25) is 9.59 Å². The van der Waals surface area contributed by atoms with Gasteiger partial charge in [0.05, 0.1) is 24.8 Å². The summed E-state index contributed by atoms with van der Waals surface area (Å²) in [6, 6.07) is 18.9. The van der Waals surface area contributed by atoms with Crippen molar-refractivity contribution in [3.05, 3.63) is 95.1 Å². The van der Waals surface area contributed by atoms with Crippen LogP contribution in [0.1, 0.15) is 56.4 Å². The van der Waals surface area contributed by atoms with Gasteiger partial charge in [-0.05, 0) is 61.0 Å². The Morgan fingerprint density at radius 3 is 2.03 bits per heavy atom. The number of hydrogen-bond donors (Lipinski definition) is 1. The first-order valence-electron chi connectivity index (χ1n) is 11.4. The Kier molecular flexibility index (Phi) is 9.33. The van der Waals surface area contributed by atoms with E-state index >= 15 is 0 Å². The van der Waals surface area contributed by atoms with E-state index in [9.17, 15) is 19.2 Å². The number of ketones is 1. The second kappa shape index (κ2) is 12.9. The minimum absolute atomic E-state index is 0.0528. The van der Waals surface area contributed by atoms with Crippen molar-refractivity contribution in [1.82, 2.24) is 0 Å². The number of rotatable bonds is 11. The van der Waals surface area contributed by atoms with Crippen LogP contribution in [0.15, 0.2) is 72.8 Å². The molecule has 0 unspecified atom stereocenters. The number of carbonyl (C=O) groups excluding carboxylic acids is 4. The number of ether oxygens (including phenoxy) is 3. The summed E-state index contributed by atoms with van der Waals surface area (Å²) in [5.74, 6) is -1.55. The first kappa shape index (κ1) is 26.2. The first-order valence-corrected chi connectivity index (χ1v) is 11.4. The monoisotopic (exact) mass is 489 g/mol. The minimum Gasteiger partial charge on any atom is -0.497 e. The molecule has 0 radical (unpaired) electrons. The van der Waals surface area contributed by atoms with E-state index in [4.69, 9.17) is 14.2 Å². The lowest BCUT2D eigenvalue weighted by Crippen LogP contribution is -2.22. The van der Waals surface area contributed by atoms with E-state index in [0.29, 0.717) is 29.2 Å². The number of esters is 2. The van der Waals surface area contributed by atoms with E-state index in [1.807, 2.05) is 6.92 Å². The van der Waals surface area contributed by atoms with Crippen molar-refractivity contribution in [3.8, 4) is 5.75 Å². The second-order valence-corrected chi connectivity index (χ2v) is 7.79. The fraction of sp³-hybridized carbons (Fsp3) is 0.214. The third-order valence-electron chi connectivity index (χ3n) is 5.21. The lowest BCUT2D eigenvalue weighted by Gasteiger charge is -2.10. The van der Waals surface area contributed by atoms with E-state index in [2.05, 4.69) is 5.32 Å². The average molecular weight is 490 g/mol. The largest absolute Gasteiger partial charge is 0.497 e. The van der Waals surface area contributed by atoms with Gasteiger partial charge in [0.15, 0.2) is 12.4 Å². The Hall–Kier alpha value is -4.46. The van der Waals surface area contributed by atoms with Gasteiger partial charge in [0.1, 0.15) is 5.75 Å². The average Bonchev–Trinajstić information content (AvgIpc) is 2.92. The number of unbranched alkanes of at least 4 members (excludes halogenated alkanes) is 1. The predicted molar refractivity (Wildman–Crippen MR) is 133 cm³/mol. The molecule has 8 heteroatoms. The van der Waals surface area contributed by atoms with E-state index in [1.54, 1.807) is 48.5 Å². The zero-order chi connectivity index (χ0) is 25.9. The Bertz CT molecular complexity index is 1220. The molecule has 0 aromatic heterocycles. The molecule has 0 saturated heterocycles. The molecule has 3 rings (SSSR count). The maximum absolute atomic E-state index is 12.9. The molecular formula is C28H27NO7. The molecule has 0 heterocycles. The minimum atomic E-state index is -0.798. The molecule has 0 aliphatic carbocycles. The molecule has 0 spiro atoms. The van der Waals surface area contributed by atoms with Crippen LogP contribution >= 0.6 is 0 Å². The quantitative estimate of drug-likeness (QED) is 0.237. The fourth-order valence-corrected chi connectivity index (χ4v) is 3.25. The molecule has 1 N–H and O–H groups in total. The molecular weight excluding hydrogens is 462 g/mol. The maximum atomic E-state index is 12.9. The number of hydrogen-bond acceptors (Lipinski definition) is 7. The van der Waals surface area contributed by atoms with Crippen LogP contribution in [0, 0.1) is 0 Å². The van der Waals surface area contributed by atoms with Gasteiger partial charge < -0.3 is 19.5 Å². The SMILES string of the molecule is CCCCOC(=O)c1ccc(NC(=O)COC(=O)c2ccccc2C(=O)c2ccc(OC)cc2)cc1. The summed E-state index contributed by atoms with van der Waals surface area (Å²) in [5, 5.41) is 2.59. The van der Waals surface area contributed by atoms with Crippen molar-refractivity contribution in [2.45, 2.75) is 19.8 Å². The van der Waals surface area contributed by atoms with Crippen molar-refractivity contribution in [3.63, 3.8) is 0 Å². The van der Waals surface area contributed by atoms with Gasteiger partial charge in [-0.1, -0.05) is 31.5 Å². The van der Waals surface area contributed by atoms with Gasteiger partial charge >= 0.3 is 11.9 Å². The summed E-state index contributed by atoms with van der Waals surface area (Å²) in [6.45, 7) is 1.81. The molecule has 0 bridgehead atoms. The van der Waals surface area contributed by atoms with Gasteiger partial charge in [0.2, 0.25) is 0 Å². The van der Waals surface area contributed by atoms with E-state index in [-0.39, 0.29) is 16.9 Å². The van der Waals surface area contributed by atoms with Crippen LogP contribution in [0.5, 0.6) is 5.75 Å². The summed E-state index contributed by atoms with van der Waals surface area (Å²) in [7, 11) is 1.53. The standard InChI is InChI=1S/C28H27NO7/c1-3-4-17-35-27(32)20-9-13-21(14-10-20)29-25(30)18-36-28(33)24-8-6-5-7-23(24)26(31)19-11-15-22(34-2)16-12-19/h5-16H,3-4,17-18H2,1-2H3,(H,29,30).